The van der Waals surface area contributed by atoms with E-state index in [1.807, 2.05) is 0 Å². The van der Waals surface area contributed by atoms with E-state index in [0.29, 0.717) is 6.04 Å². The summed E-state index contributed by atoms with van der Waals surface area (Å²) in [6.45, 7) is 12.1. The van der Waals surface area contributed by atoms with Gasteiger partial charge in [0.25, 0.3) is 0 Å². The van der Waals surface area contributed by atoms with Crippen LogP contribution in [0.15, 0.2) is 12.3 Å². The van der Waals surface area contributed by atoms with Crippen LogP contribution in [-0.2, 0) is 0 Å². The molecule has 2 nitrogen and oxygen atoms in total. The summed E-state index contributed by atoms with van der Waals surface area (Å²) in [5.41, 5.74) is 1.92. The van der Waals surface area contributed by atoms with E-state index < -0.39 is 0 Å². The van der Waals surface area contributed by atoms with E-state index >= 15 is 0 Å². The summed E-state index contributed by atoms with van der Waals surface area (Å²) in [7, 11) is 0. The zero-order valence-corrected chi connectivity index (χ0v) is 11.6. The highest BCUT2D eigenvalue weighted by atomic mass is 15.2. The van der Waals surface area contributed by atoms with E-state index in [-0.39, 0.29) is 0 Å². The van der Waals surface area contributed by atoms with Crippen molar-refractivity contribution in [1.29, 1.82) is 0 Å². The average Bonchev–Trinajstić information content (AvgIpc) is 2.69. The van der Waals surface area contributed by atoms with Gasteiger partial charge in [0.1, 0.15) is 0 Å². The Balaban J connectivity index is 1.73. The molecule has 2 fully saturated rings. The maximum Gasteiger partial charge on any atom is 0.0375 e. The van der Waals surface area contributed by atoms with Crippen LogP contribution in [0.2, 0.25) is 0 Å². The zero-order chi connectivity index (χ0) is 12.3. The third-order valence-electron chi connectivity index (χ3n) is 4.49. The number of nitrogens with one attached hydrogen (secondary N) is 1. The molecule has 2 heteroatoms. The highest BCUT2D eigenvalue weighted by Gasteiger charge is 2.36. The lowest BCUT2D eigenvalue weighted by Gasteiger charge is -2.39. The van der Waals surface area contributed by atoms with Gasteiger partial charge >= 0.3 is 0 Å². The van der Waals surface area contributed by atoms with Crippen LogP contribution in [0, 0.1) is 5.41 Å². The van der Waals surface area contributed by atoms with Crippen molar-refractivity contribution in [2.24, 2.45) is 5.41 Å². The van der Waals surface area contributed by atoms with E-state index in [9.17, 15) is 0 Å². The van der Waals surface area contributed by atoms with Crippen LogP contribution in [0.1, 0.15) is 52.4 Å². The van der Waals surface area contributed by atoms with Gasteiger partial charge in [-0.05, 0) is 58.0 Å². The van der Waals surface area contributed by atoms with Crippen molar-refractivity contribution in [3.8, 4) is 0 Å². The first kappa shape index (κ1) is 12.9. The minimum Gasteiger partial charge on any atom is -0.386 e. The summed E-state index contributed by atoms with van der Waals surface area (Å²) in [5, 5.41) is 3.41. The molecule has 0 amide bonds. The number of nitrogens with zero attached hydrogens (tertiary/aromatic N) is 1. The summed E-state index contributed by atoms with van der Waals surface area (Å²) < 4.78 is 0. The van der Waals surface area contributed by atoms with Gasteiger partial charge in [-0.1, -0.05) is 19.4 Å². The zero-order valence-electron chi connectivity index (χ0n) is 11.6. The van der Waals surface area contributed by atoms with E-state index in [1.165, 1.54) is 57.3 Å². The van der Waals surface area contributed by atoms with Crippen molar-refractivity contribution < 1.29 is 0 Å². The van der Waals surface area contributed by atoms with E-state index in [1.54, 1.807) is 0 Å². The molecule has 1 saturated carbocycles. The fourth-order valence-electron chi connectivity index (χ4n) is 3.53. The monoisotopic (exact) mass is 236 g/mol. The van der Waals surface area contributed by atoms with E-state index in [0.717, 1.165) is 12.0 Å². The lowest BCUT2D eigenvalue weighted by atomic mass is 9.77. The standard InChI is InChI=1S/C15H28N2/c1-13(2)16-14(3)12-17-10-8-15(9-11-17)6-4-5-7-15/h13,16H,3-12H2,1-2H3. The minimum atomic E-state index is 0.508. The molecule has 1 saturated heterocycles. The lowest BCUT2D eigenvalue weighted by Crippen LogP contribution is -2.41. The van der Waals surface area contributed by atoms with Gasteiger partial charge in [0.15, 0.2) is 0 Å². The SMILES string of the molecule is C=C(CN1CCC2(CCCC2)CC1)NC(C)C. The molecule has 2 rings (SSSR count). The highest BCUT2D eigenvalue weighted by molar-refractivity contribution is 4.98. The van der Waals surface area contributed by atoms with Crippen LogP contribution in [0.5, 0.6) is 0 Å². The van der Waals surface area contributed by atoms with E-state index in [4.69, 9.17) is 0 Å². The summed E-state index contributed by atoms with van der Waals surface area (Å²) in [5.74, 6) is 0. The number of rotatable bonds is 4. The second-order valence-corrected chi connectivity index (χ2v) is 6.39. The molecule has 0 aromatic rings. The first-order valence-corrected chi connectivity index (χ1v) is 7.26. The Morgan fingerprint density at radius 2 is 1.76 bits per heavy atom. The molecule has 1 spiro atoms. The van der Waals surface area contributed by atoms with Crippen molar-refractivity contribution in [3.05, 3.63) is 12.3 Å². The molecule has 0 unspecified atom stereocenters. The minimum absolute atomic E-state index is 0.508. The van der Waals surface area contributed by atoms with Crippen LogP contribution in [0.3, 0.4) is 0 Å². The summed E-state index contributed by atoms with van der Waals surface area (Å²) in [4.78, 5) is 2.57. The fourth-order valence-corrected chi connectivity index (χ4v) is 3.53. The maximum atomic E-state index is 4.13. The van der Waals surface area contributed by atoms with Gasteiger partial charge in [-0.25, -0.2) is 0 Å². The van der Waals surface area contributed by atoms with Crippen LogP contribution >= 0.6 is 0 Å². The van der Waals surface area contributed by atoms with Crippen molar-refractivity contribution in [2.75, 3.05) is 19.6 Å². The summed E-state index contributed by atoms with van der Waals surface area (Å²) in [6.07, 6.45) is 8.77. The maximum absolute atomic E-state index is 4.13. The molecule has 0 aromatic heterocycles. The Hall–Kier alpha value is -0.500. The molecule has 1 N–H and O–H groups in total. The van der Waals surface area contributed by atoms with Crippen LogP contribution in [-0.4, -0.2) is 30.6 Å². The van der Waals surface area contributed by atoms with Crippen molar-refractivity contribution in [2.45, 2.75) is 58.4 Å². The summed E-state index contributed by atoms with van der Waals surface area (Å²) in [6, 6.07) is 0.508. The molecule has 0 atom stereocenters. The molecule has 1 heterocycles. The Labute approximate surface area is 106 Å². The molecule has 1 aliphatic heterocycles. The van der Waals surface area contributed by atoms with Gasteiger partial charge in [0.05, 0.1) is 0 Å². The van der Waals surface area contributed by atoms with Gasteiger partial charge in [0, 0.05) is 18.3 Å². The lowest BCUT2D eigenvalue weighted by molar-refractivity contribution is 0.114. The molecule has 0 bridgehead atoms. The second kappa shape index (κ2) is 5.43. The van der Waals surface area contributed by atoms with Crippen LogP contribution in [0.25, 0.3) is 0 Å². The Morgan fingerprint density at radius 1 is 1.18 bits per heavy atom. The number of hydrogen-bond acceptors (Lipinski definition) is 2. The predicted octanol–water partition coefficient (Wildman–Crippen LogP) is 3.15. The first-order chi connectivity index (χ1) is 8.10. The van der Waals surface area contributed by atoms with Gasteiger partial charge in [-0.2, -0.15) is 0 Å². The second-order valence-electron chi connectivity index (χ2n) is 6.39. The Kier molecular flexibility index (Phi) is 4.13. The Morgan fingerprint density at radius 3 is 2.29 bits per heavy atom. The molecule has 2 aliphatic rings. The van der Waals surface area contributed by atoms with Gasteiger partial charge < -0.3 is 5.32 Å². The Bertz CT molecular complexity index is 254. The number of piperidine rings is 1. The van der Waals surface area contributed by atoms with Gasteiger partial charge in [0.2, 0.25) is 0 Å². The average molecular weight is 236 g/mol. The summed E-state index contributed by atoms with van der Waals surface area (Å²) >= 11 is 0. The normalized spacial score (nSPS) is 24.4. The van der Waals surface area contributed by atoms with Gasteiger partial charge in [-0.3, -0.25) is 4.90 Å². The van der Waals surface area contributed by atoms with Crippen molar-refractivity contribution in [1.82, 2.24) is 10.2 Å². The van der Waals surface area contributed by atoms with Crippen LogP contribution < -0.4 is 5.32 Å². The van der Waals surface area contributed by atoms with Crippen molar-refractivity contribution in [3.63, 3.8) is 0 Å². The molecule has 0 radical (unpaired) electrons. The number of likely N-dealkylation sites (tertiary alicyclic amines) is 1. The molecular formula is C15H28N2. The van der Waals surface area contributed by atoms with E-state index in [2.05, 4.69) is 30.6 Å². The largest absolute Gasteiger partial charge is 0.386 e. The molecular weight excluding hydrogens is 208 g/mol. The van der Waals surface area contributed by atoms with Gasteiger partial charge in [-0.15, -0.1) is 0 Å². The highest BCUT2D eigenvalue weighted by Crippen LogP contribution is 2.46. The van der Waals surface area contributed by atoms with Crippen LogP contribution in [0.4, 0.5) is 0 Å². The topological polar surface area (TPSA) is 15.3 Å². The first-order valence-electron chi connectivity index (χ1n) is 7.26. The molecule has 17 heavy (non-hydrogen) atoms. The third-order valence-corrected chi connectivity index (χ3v) is 4.49. The smallest absolute Gasteiger partial charge is 0.0375 e. The molecule has 0 aromatic carbocycles. The quantitative estimate of drug-likeness (QED) is 0.806. The fraction of sp³-hybridized carbons (Fsp3) is 0.867. The molecule has 98 valence electrons. The van der Waals surface area contributed by atoms with Crippen molar-refractivity contribution >= 4 is 0 Å². The molecule has 1 aliphatic carbocycles. The third kappa shape index (κ3) is 3.48. The number of hydrogen-bond donors (Lipinski definition) is 1. The predicted molar refractivity (Wildman–Crippen MR) is 74.0 cm³/mol.